The minimum absolute atomic E-state index is 0. The minimum atomic E-state index is -0.699. The molecule has 0 spiro atoms. The number of nitrogens with zero attached hydrogens (tertiary/aromatic N) is 3. The predicted molar refractivity (Wildman–Crippen MR) is 78.8 cm³/mol. The van der Waals surface area contributed by atoms with E-state index >= 15 is 0 Å². The van der Waals surface area contributed by atoms with Gasteiger partial charge in [-0.1, -0.05) is 0 Å². The molecule has 23 heavy (non-hydrogen) atoms. The number of hydrogen-bond donors (Lipinski definition) is 2. The number of piperazine rings is 1. The summed E-state index contributed by atoms with van der Waals surface area (Å²) < 4.78 is 10.8. The van der Waals surface area contributed by atoms with Crippen molar-refractivity contribution in [2.75, 3.05) is 40.0 Å². The molecule has 2 bridgehead atoms. The first kappa shape index (κ1) is 17.9. The van der Waals surface area contributed by atoms with E-state index < -0.39 is 6.10 Å². The number of rotatable bonds is 4. The fourth-order valence-corrected chi connectivity index (χ4v) is 3.18. The Morgan fingerprint density at radius 1 is 1.52 bits per heavy atom. The number of ether oxygens (including phenoxy) is 2. The molecule has 1 aromatic heterocycles. The Morgan fingerprint density at radius 3 is 2.83 bits per heavy atom. The molecule has 3 rings (SSSR count). The van der Waals surface area contributed by atoms with Crippen molar-refractivity contribution >= 4 is 5.69 Å². The average Bonchev–Trinajstić information content (AvgIpc) is 2.54. The van der Waals surface area contributed by atoms with Crippen molar-refractivity contribution in [3.05, 3.63) is 29.4 Å². The Balaban J connectivity index is 0.00000192. The van der Waals surface area contributed by atoms with Crippen molar-refractivity contribution in [1.29, 1.82) is 0 Å². The number of aliphatic hydroxyl groups excluding tert-OH is 1. The maximum absolute atomic E-state index is 10.5. The fourth-order valence-electron chi connectivity index (χ4n) is 3.18. The minimum Gasteiger partial charge on any atom is -1.00 e. The van der Waals surface area contributed by atoms with E-state index in [0.717, 1.165) is 13.1 Å². The molecule has 0 saturated carbocycles. The Hall–Kier alpha value is -1.43. The van der Waals surface area contributed by atoms with Crippen LogP contribution in [0.2, 0.25) is 0 Å². The van der Waals surface area contributed by atoms with E-state index in [1.807, 2.05) is 0 Å². The summed E-state index contributed by atoms with van der Waals surface area (Å²) in [6.07, 6.45) is 0.757. The third kappa shape index (κ3) is 3.74. The van der Waals surface area contributed by atoms with E-state index in [1.165, 1.54) is 13.3 Å². The van der Waals surface area contributed by atoms with E-state index in [1.54, 1.807) is 6.07 Å². The molecule has 0 aliphatic carbocycles. The number of nitrogens with two attached hydrogens (primary N) is 1. The van der Waals surface area contributed by atoms with Gasteiger partial charge in [0.05, 0.1) is 57.8 Å². The number of morpholine rings is 1. The van der Waals surface area contributed by atoms with Gasteiger partial charge < -0.3 is 32.3 Å². The number of methoxy groups -OCH3 is 1. The van der Waals surface area contributed by atoms with Crippen LogP contribution < -0.4 is 22.5 Å². The molecule has 2 fully saturated rings. The SMILES string of the molecule is [C-]#[N+]c1cnc(C(O)CN2C3C[NH2+]CC2COC3)cc1OC.[Cl-]. The third-order valence-corrected chi connectivity index (χ3v) is 4.37. The number of aliphatic hydroxyl groups is 1. The van der Waals surface area contributed by atoms with Crippen LogP contribution in [0.3, 0.4) is 0 Å². The fraction of sp³-hybridized carbons (Fsp3) is 0.600. The largest absolute Gasteiger partial charge is 1.00 e. The Labute approximate surface area is 141 Å². The number of quaternary nitrogens is 1. The molecular weight excluding hydrogens is 320 g/mol. The van der Waals surface area contributed by atoms with Gasteiger partial charge in [0.15, 0.2) is 0 Å². The van der Waals surface area contributed by atoms with Gasteiger partial charge >= 0.3 is 0 Å². The van der Waals surface area contributed by atoms with Crippen LogP contribution >= 0.6 is 0 Å². The quantitative estimate of drug-likeness (QED) is 0.552. The molecule has 126 valence electrons. The van der Waals surface area contributed by atoms with Crippen LogP contribution in [0.15, 0.2) is 12.3 Å². The maximum Gasteiger partial charge on any atom is 0.245 e. The molecule has 2 aliphatic rings. The van der Waals surface area contributed by atoms with Gasteiger partial charge in [-0.05, 0) is 6.07 Å². The van der Waals surface area contributed by atoms with Gasteiger partial charge in [0.1, 0.15) is 11.9 Å². The summed E-state index contributed by atoms with van der Waals surface area (Å²) >= 11 is 0. The molecule has 2 aliphatic heterocycles. The summed E-state index contributed by atoms with van der Waals surface area (Å²) in [6, 6.07) is 2.33. The number of pyridine rings is 1. The van der Waals surface area contributed by atoms with Gasteiger partial charge in [-0.25, -0.2) is 4.85 Å². The number of fused-ring (bicyclic) bond motifs is 2. The zero-order chi connectivity index (χ0) is 15.5. The zero-order valence-corrected chi connectivity index (χ0v) is 13.7. The van der Waals surface area contributed by atoms with Gasteiger partial charge in [-0.2, -0.15) is 0 Å². The zero-order valence-electron chi connectivity index (χ0n) is 13.0. The lowest BCUT2D eigenvalue weighted by molar-refractivity contribution is -0.678. The lowest BCUT2D eigenvalue weighted by Crippen LogP contribution is -3.00. The lowest BCUT2D eigenvalue weighted by Gasteiger charge is -2.44. The van der Waals surface area contributed by atoms with Crippen LogP contribution in [0.4, 0.5) is 5.69 Å². The van der Waals surface area contributed by atoms with Crippen LogP contribution in [0.1, 0.15) is 11.8 Å². The van der Waals surface area contributed by atoms with Gasteiger partial charge in [0.2, 0.25) is 5.69 Å². The van der Waals surface area contributed by atoms with Crippen molar-refractivity contribution in [2.45, 2.75) is 18.2 Å². The standard InChI is InChI=1S/C15H20N4O3.ClH/c1-16-13-6-18-12(3-15(13)21-2)14(20)7-19-10-4-17-5-11(19)9-22-8-10;/h3,6,10-11,14,17,20H,4-5,7-9H2,2H3;1H. The summed E-state index contributed by atoms with van der Waals surface area (Å²) in [7, 11) is 1.52. The molecule has 3 atom stereocenters. The molecule has 3 N–H and O–H groups in total. The van der Waals surface area contributed by atoms with E-state index in [4.69, 9.17) is 16.0 Å². The lowest BCUT2D eigenvalue weighted by atomic mass is 10.0. The highest BCUT2D eigenvalue weighted by Crippen LogP contribution is 2.29. The van der Waals surface area contributed by atoms with Crippen LogP contribution in [-0.2, 0) is 4.74 Å². The van der Waals surface area contributed by atoms with Crippen molar-refractivity contribution in [3.8, 4) is 5.75 Å². The maximum atomic E-state index is 10.5. The summed E-state index contributed by atoms with van der Waals surface area (Å²) in [5.41, 5.74) is 0.897. The highest BCUT2D eigenvalue weighted by atomic mass is 35.5. The molecular formula is C15H21ClN4O3. The first-order valence-electron chi connectivity index (χ1n) is 7.47. The Morgan fingerprint density at radius 2 is 2.22 bits per heavy atom. The molecule has 7 nitrogen and oxygen atoms in total. The summed E-state index contributed by atoms with van der Waals surface area (Å²) in [5.74, 6) is 0.453. The highest BCUT2D eigenvalue weighted by Gasteiger charge is 2.38. The van der Waals surface area contributed by atoms with Gasteiger partial charge in [-0.3, -0.25) is 9.88 Å². The molecule has 1 aromatic rings. The van der Waals surface area contributed by atoms with Crippen LogP contribution in [-0.4, -0.2) is 67.0 Å². The number of halogens is 1. The van der Waals surface area contributed by atoms with Crippen molar-refractivity contribution < 1.29 is 32.3 Å². The Bertz CT molecular complexity index is 558. The first-order valence-corrected chi connectivity index (χ1v) is 7.47. The second-order valence-corrected chi connectivity index (χ2v) is 5.71. The summed E-state index contributed by atoms with van der Waals surface area (Å²) in [4.78, 5) is 9.89. The highest BCUT2D eigenvalue weighted by molar-refractivity contribution is 5.56. The second kappa shape index (κ2) is 7.90. The number of aromatic nitrogens is 1. The van der Waals surface area contributed by atoms with Crippen molar-refractivity contribution in [3.63, 3.8) is 0 Å². The normalized spacial score (nSPS) is 25.1. The Kier molecular flexibility index (Phi) is 6.16. The van der Waals surface area contributed by atoms with E-state index in [0.29, 0.717) is 49.0 Å². The van der Waals surface area contributed by atoms with E-state index in [-0.39, 0.29) is 12.4 Å². The predicted octanol–water partition coefficient (Wildman–Crippen LogP) is -3.68. The first-order chi connectivity index (χ1) is 10.7. The number of hydrogen-bond acceptors (Lipinski definition) is 5. The summed E-state index contributed by atoms with van der Waals surface area (Å²) in [6.45, 7) is 11.0. The van der Waals surface area contributed by atoms with Gasteiger partial charge in [0.25, 0.3) is 0 Å². The topological polar surface area (TPSA) is 75.8 Å². The third-order valence-electron chi connectivity index (χ3n) is 4.37. The molecule has 0 amide bonds. The smallest absolute Gasteiger partial charge is 0.245 e. The van der Waals surface area contributed by atoms with E-state index in [9.17, 15) is 5.11 Å². The second-order valence-electron chi connectivity index (χ2n) is 5.71. The van der Waals surface area contributed by atoms with Crippen LogP contribution in [0.25, 0.3) is 4.85 Å². The molecule has 0 radical (unpaired) electrons. The van der Waals surface area contributed by atoms with Crippen LogP contribution in [0.5, 0.6) is 5.75 Å². The van der Waals surface area contributed by atoms with Gasteiger partial charge in [0, 0.05) is 12.7 Å². The van der Waals surface area contributed by atoms with Gasteiger partial charge in [-0.15, -0.1) is 0 Å². The average molecular weight is 341 g/mol. The molecule has 2 saturated heterocycles. The van der Waals surface area contributed by atoms with Crippen molar-refractivity contribution in [2.24, 2.45) is 0 Å². The van der Waals surface area contributed by atoms with Crippen LogP contribution in [0, 0.1) is 6.57 Å². The monoisotopic (exact) mass is 340 g/mol. The molecule has 3 unspecified atom stereocenters. The molecule has 8 heteroatoms. The van der Waals surface area contributed by atoms with Crippen molar-refractivity contribution in [1.82, 2.24) is 9.88 Å². The summed E-state index contributed by atoms with van der Waals surface area (Å²) in [5, 5.41) is 12.8. The van der Waals surface area contributed by atoms with E-state index in [2.05, 4.69) is 20.0 Å². The molecule has 0 aromatic carbocycles. The molecule has 3 heterocycles.